The number of carbonyl (C=O) groups excluding carboxylic acids is 4. The number of fused-ring (bicyclic) bond motifs is 2. The standard InChI is InChI=1S/C26H34O11/c1-7-35-21(28)10-14-9-17(32-4)18(33-5)11-15(14)16-12-20(27)25(3)19(13-22(29)36-8-2)26(16,23(30)34-6)24(31)37-25/h9,11,16,19-20,27H,7-8,10,12-13H2,1-6H3/t16-,19+,20+,25+,26?/m1/s1. The van der Waals surface area contributed by atoms with Gasteiger partial charge in [-0.15, -0.1) is 0 Å². The first kappa shape index (κ1) is 28.2. The van der Waals surface area contributed by atoms with Crippen LogP contribution in [0.5, 0.6) is 11.5 Å². The van der Waals surface area contributed by atoms with Gasteiger partial charge in [0.25, 0.3) is 0 Å². The molecule has 2 fully saturated rings. The Morgan fingerprint density at radius 3 is 2.19 bits per heavy atom. The summed E-state index contributed by atoms with van der Waals surface area (Å²) < 4.78 is 31.9. The normalized spacial score (nSPS) is 28.2. The highest BCUT2D eigenvalue weighted by atomic mass is 16.6. The summed E-state index contributed by atoms with van der Waals surface area (Å²) in [6, 6.07) is 3.13. The molecule has 3 rings (SSSR count). The second-order valence-corrected chi connectivity index (χ2v) is 9.19. The summed E-state index contributed by atoms with van der Waals surface area (Å²) in [5, 5.41) is 11.2. The van der Waals surface area contributed by atoms with Gasteiger partial charge in [0.05, 0.1) is 53.5 Å². The molecule has 1 aromatic rings. The minimum atomic E-state index is -2.00. The smallest absolute Gasteiger partial charge is 0.325 e. The van der Waals surface area contributed by atoms with Crippen molar-refractivity contribution in [3.05, 3.63) is 23.3 Å². The molecular formula is C26H34O11. The van der Waals surface area contributed by atoms with E-state index in [4.69, 9.17) is 28.4 Å². The summed E-state index contributed by atoms with van der Waals surface area (Å²) in [6.45, 7) is 5.05. The van der Waals surface area contributed by atoms with E-state index in [1.807, 2.05) is 0 Å². The third-order valence-corrected chi connectivity index (χ3v) is 7.42. The molecular weight excluding hydrogens is 488 g/mol. The molecule has 5 atom stereocenters. The number of hydrogen-bond donors (Lipinski definition) is 1. The monoisotopic (exact) mass is 522 g/mol. The third-order valence-electron chi connectivity index (χ3n) is 7.42. The molecule has 0 spiro atoms. The molecule has 11 nitrogen and oxygen atoms in total. The minimum Gasteiger partial charge on any atom is -0.493 e. The maximum atomic E-state index is 13.6. The number of rotatable bonds is 10. The molecule has 1 aliphatic heterocycles. The zero-order chi connectivity index (χ0) is 27.5. The molecule has 1 saturated heterocycles. The molecule has 1 heterocycles. The van der Waals surface area contributed by atoms with Crippen LogP contribution in [-0.4, -0.2) is 75.2 Å². The molecule has 11 heteroatoms. The van der Waals surface area contributed by atoms with Gasteiger partial charge >= 0.3 is 23.9 Å². The zero-order valence-corrected chi connectivity index (χ0v) is 22.0. The van der Waals surface area contributed by atoms with Gasteiger partial charge in [-0.2, -0.15) is 0 Å². The molecule has 1 aromatic carbocycles. The van der Waals surface area contributed by atoms with Crippen LogP contribution in [0.3, 0.4) is 0 Å². The molecule has 2 bridgehead atoms. The van der Waals surface area contributed by atoms with Crippen LogP contribution < -0.4 is 9.47 Å². The van der Waals surface area contributed by atoms with E-state index in [-0.39, 0.29) is 38.2 Å². The highest BCUT2D eigenvalue weighted by Crippen LogP contribution is 2.63. The van der Waals surface area contributed by atoms with E-state index in [9.17, 15) is 24.3 Å². The van der Waals surface area contributed by atoms with Gasteiger partial charge in [-0.1, -0.05) is 0 Å². The van der Waals surface area contributed by atoms with Crippen LogP contribution in [-0.2, 0) is 44.5 Å². The van der Waals surface area contributed by atoms with E-state index < -0.39 is 52.8 Å². The highest BCUT2D eigenvalue weighted by Gasteiger charge is 2.76. The molecule has 0 amide bonds. The molecule has 1 saturated carbocycles. The van der Waals surface area contributed by atoms with Gasteiger partial charge in [-0.25, -0.2) is 0 Å². The average Bonchev–Trinajstić information content (AvgIpc) is 3.03. The Kier molecular flexibility index (Phi) is 8.36. The van der Waals surface area contributed by atoms with Crippen molar-refractivity contribution < 1.29 is 52.7 Å². The van der Waals surface area contributed by atoms with E-state index >= 15 is 0 Å². The van der Waals surface area contributed by atoms with E-state index in [0.717, 1.165) is 7.11 Å². The van der Waals surface area contributed by atoms with Crippen molar-refractivity contribution in [2.45, 2.75) is 57.7 Å². The van der Waals surface area contributed by atoms with Crippen LogP contribution in [0.2, 0.25) is 0 Å². The lowest BCUT2D eigenvalue weighted by atomic mass is 9.53. The summed E-state index contributed by atoms with van der Waals surface area (Å²) in [5.41, 5.74) is -2.79. The molecule has 1 aliphatic carbocycles. The molecule has 37 heavy (non-hydrogen) atoms. The maximum absolute atomic E-state index is 13.6. The van der Waals surface area contributed by atoms with Crippen molar-refractivity contribution in [3.8, 4) is 11.5 Å². The first-order valence-corrected chi connectivity index (χ1v) is 12.1. The summed E-state index contributed by atoms with van der Waals surface area (Å²) >= 11 is 0. The predicted molar refractivity (Wildman–Crippen MR) is 127 cm³/mol. The zero-order valence-electron chi connectivity index (χ0n) is 22.0. The fourth-order valence-corrected chi connectivity index (χ4v) is 5.72. The van der Waals surface area contributed by atoms with Gasteiger partial charge in [0, 0.05) is 11.8 Å². The number of hydrogen-bond acceptors (Lipinski definition) is 11. The number of carbonyl (C=O) groups is 4. The topological polar surface area (TPSA) is 144 Å². The average molecular weight is 523 g/mol. The lowest BCUT2D eigenvalue weighted by Crippen LogP contribution is -2.59. The Bertz CT molecular complexity index is 1070. The molecule has 1 unspecified atom stereocenters. The largest absolute Gasteiger partial charge is 0.493 e. The van der Waals surface area contributed by atoms with Crippen LogP contribution in [0.1, 0.15) is 50.7 Å². The van der Waals surface area contributed by atoms with Gasteiger partial charge in [0.2, 0.25) is 0 Å². The summed E-state index contributed by atoms with van der Waals surface area (Å²) in [4.78, 5) is 52.3. The van der Waals surface area contributed by atoms with Gasteiger partial charge in [-0.05, 0) is 50.5 Å². The number of esters is 4. The van der Waals surface area contributed by atoms with Gasteiger partial charge < -0.3 is 33.5 Å². The Morgan fingerprint density at radius 2 is 1.62 bits per heavy atom. The third kappa shape index (κ3) is 4.60. The Hall–Kier alpha value is -3.34. The number of ether oxygens (including phenoxy) is 6. The van der Waals surface area contributed by atoms with Crippen molar-refractivity contribution >= 4 is 23.9 Å². The van der Waals surface area contributed by atoms with Crippen molar-refractivity contribution in [3.63, 3.8) is 0 Å². The SMILES string of the molecule is CCOC(=O)Cc1cc(OC)c(OC)cc1[C@H]1C[C@H](O)[C@@]2(C)OC(=O)C1(C(=O)OC)[C@H]2CC(=O)OCC. The fraction of sp³-hybridized carbons (Fsp3) is 0.615. The first-order chi connectivity index (χ1) is 17.5. The van der Waals surface area contributed by atoms with E-state index in [2.05, 4.69) is 0 Å². The fourth-order valence-electron chi connectivity index (χ4n) is 5.72. The van der Waals surface area contributed by atoms with E-state index in [1.54, 1.807) is 26.0 Å². The van der Waals surface area contributed by atoms with Crippen LogP contribution in [0, 0.1) is 11.3 Å². The quantitative estimate of drug-likeness (QED) is 0.272. The Balaban J connectivity index is 2.30. The lowest BCUT2D eigenvalue weighted by Gasteiger charge is -2.47. The van der Waals surface area contributed by atoms with Gasteiger partial charge in [0.15, 0.2) is 16.9 Å². The summed E-state index contributed by atoms with van der Waals surface area (Å²) in [5.74, 6) is -4.59. The second kappa shape index (κ2) is 11.0. The predicted octanol–water partition coefficient (Wildman–Crippen LogP) is 1.70. The van der Waals surface area contributed by atoms with Crippen molar-refractivity contribution in [2.24, 2.45) is 11.3 Å². The number of benzene rings is 1. The summed E-state index contributed by atoms with van der Waals surface area (Å²) in [7, 11) is 3.99. The molecule has 2 aliphatic rings. The number of aliphatic hydroxyl groups excluding tert-OH is 1. The van der Waals surface area contributed by atoms with Crippen LogP contribution >= 0.6 is 0 Å². The highest BCUT2D eigenvalue weighted by molar-refractivity contribution is 6.04. The Labute approximate surface area is 215 Å². The molecule has 1 N–H and O–H groups in total. The van der Waals surface area contributed by atoms with Crippen molar-refractivity contribution in [1.82, 2.24) is 0 Å². The number of aliphatic hydroxyl groups is 1. The van der Waals surface area contributed by atoms with Gasteiger partial charge in [-0.3, -0.25) is 19.2 Å². The van der Waals surface area contributed by atoms with Crippen LogP contribution in [0.15, 0.2) is 12.1 Å². The molecule has 0 aromatic heterocycles. The van der Waals surface area contributed by atoms with E-state index in [0.29, 0.717) is 16.9 Å². The molecule has 204 valence electrons. The van der Waals surface area contributed by atoms with Crippen LogP contribution in [0.4, 0.5) is 0 Å². The van der Waals surface area contributed by atoms with Crippen LogP contribution in [0.25, 0.3) is 0 Å². The van der Waals surface area contributed by atoms with Crippen molar-refractivity contribution in [1.29, 1.82) is 0 Å². The maximum Gasteiger partial charge on any atom is 0.325 e. The van der Waals surface area contributed by atoms with Crippen molar-refractivity contribution in [2.75, 3.05) is 34.5 Å². The lowest BCUT2D eigenvalue weighted by molar-refractivity contribution is -0.168. The van der Waals surface area contributed by atoms with Gasteiger partial charge in [0.1, 0.15) is 5.60 Å². The first-order valence-electron chi connectivity index (χ1n) is 12.1. The molecule has 0 radical (unpaired) electrons. The summed E-state index contributed by atoms with van der Waals surface area (Å²) in [6.07, 6.45) is -1.92. The second-order valence-electron chi connectivity index (χ2n) is 9.19. The minimum absolute atomic E-state index is 0.0909. The number of methoxy groups -OCH3 is 3. The van der Waals surface area contributed by atoms with E-state index in [1.165, 1.54) is 21.1 Å². The Morgan fingerprint density at radius 1 is 1.03 bits per heavy atom.